The van der Waals surface area contributed by atoms with E-state index in [1.54, 1.807) is 6.92 Å². The predicted molar refractivity (Wildman–Crippen MR) is 91.2 cm³/mol. The van der Waals surface area contributed by atoms with Crippen LogP contribution in [-0.4, -0.2) is 26.5 Å². The topological polar surface area (TPSA) is 96.9 Å². The van der Waals surface area contributed by atoms with Crippen LogP contribution >= 0.6 is 0 Å². The largest absolute Gasteiger partial charge is 0.349 e. The van der Waals surface area contributed by atoms with Crippen LogP contribution in [0, 0.1) is 5.92 Å². The normalized spacial score (nSPS) is 20.9. The summed E-state index contributed by atoms with van der Waals surface area (Å²) in [7, 11) is 0. The number of amides is 1. The number of rotatable bonds is 3. The van der Waals surface area contributed by atoms with Gasteiger partial charge in [-0.15, -0.1) is 0 Å². The molecule has 0 unspecified atom stereocenters. The number of hydrogen-bond donors (Lipinski definition) is 2. The van der Waals surface area contributed by atoms with E-state index in [2.05, 4.69) is 22.2 Å². The van der Waals surface area contributed by atoms with Crippen molar-refractivity contribution in [3.05, 3.63) is 38.7 Å². The summed E-state index contributed by atoms with van der Waals surface area (Å²) in [6.45, 7) is 4.34. The van der Waals surface area contributed by atoms with Crippen LogP contribution in [0.4, 0.5) is 0 Å². The summed E-state index contributed by atoms with van der Waals surface area (Å²) >= 11 is 0. The lowest BCUT2D eigenvalue weighted by Crippen LogP contribution is -2.41. The first-order valence-electron chi connectivity index (χ1n) is 8.45. The van der Waals surface area contributed by atoms with Crippen molar-refractivity contribution in [1.29, 1.82) is 0 Å². The molecule has 1 saturated carbocycles. The summed E-state index contributed by atoms with van der Waals surface area (Å²) in [5, 5.41) is 3.30. The summed E-state index contributed by atoms with van der Waals surface area (Å²) in [5.41, 5.74) is -0.371. The molecule has 3 rings (SSSR count). The maximum atomic E-state index is 12.5. The van der Waals surface area contributed by atoms with Crippen molar-refractivity contribution < 1.29 is 4.79 Å². The highest BCUT2D eigenvalue weighted by atomic mass is 16.2. The van der Waals surface area contributed by atoms with E-state index in [0.29, 0.717) is 23.7 Å². The highest BCUT2D eigenvalue weighted by Gasteiger charge is 2.23. The monoisotopic (exact) mass is 330 g/mol. The number of hydrogen-bond acceptors (Lipinski definition) is 4. The summed E-state index contributed by atoms with van der Waals surface area (Å²) in [5.74, 6) is 0.224. The van der Waals surface area contributed by atoms with Crippen LogP contribution in [0.5, 0.6) is 0 Å². The highest BCUT2D eigenvalue weighted by Crippen LogP contribution is 2.24. The predicted octanol–water partition coefficient (Wildman–Crippen LogP) is 1.41. The van der Waals surface area contributed by atoms with E-state index in [0.717, 1.165) is 19.3 Å². The molecular formula is C17H22N4O3. The molecule has 7 nitrogen and oxygen atoms in total. The fourth-order valence-corrected chi connectivity index (χ4v) is 3.37. The molecule has 0 radical (unpaired) electrons. The molecule has 0 aromatic carbocycles. The Morgan fingerprint density at radius 2 is 2.12 bits per heavy atom. The molecule has 1 fully saturated rings. The van der Waals surface area contributed by atoms with E-state index in [1.165, 1.54) is 23.3 Å². The third-order valence-electron chi connectivity index (χ3n) is 4.84. The van der Waals surface area contributed by atoms with Crippen molar-refractivity contribution in [3.63, 3.8) is 0 Å². The number of carbonyl (C=O) groups is 1. The molecule has 0 aliphatic heterocycles. The van der Waals surface area contributed by atoms with Gasteiger partial charge in [0, 0.05) is 18.8 Å². The van der Waals surface area contributed by atoms with Crippen LogP contribution in [0.2, 0.25) is 0 Å². The molecule has 0 spiro atoms. The summed E-state index contributed by atoms with van der Waals surface area (Å²) in [6.07, 6.45) is 5.84. The Labute approximate surface area is 139 Å². The molecule has 1 aliphatic rings. The fourth-order valence-electron chi connectivity index (χ4n) is 3.37. The van der Waals surface area contributed by atoms with Crippen LogP contribution in [0.3, 0.4) is 0 Å². The van der Waals surface area contributed by atoms with Crippen molar-refractivity contribution >= 4 is 16.9 Å². The second kappa shape index (κ2) is 6.59. The van der Waals surface area contributed by atoms with Gasteiger partial charge in [-0.3, -0.25) is 19.1 Å². The van der Waals surface area contributed by atoms with Crippen molar-refractivity contribution in [2.45, 2.75) is 52.1 Å². The molecule has 7 heteroatoms. The Hall–Kier alpha value is -2.44. The molecule has 1 amide bonds. The first-order chi connectivity index (χ1) is 11.5. The maximum absolute atomic E-state index is 12.5. The first-order valence-corrected chi connectivity index (χ1v) is 8.45. The van der Waals surface area contributed by atoms with Gasteiger partial charge in [0.2, 0.25) is 0 Å². The molecule has 2 aromatic heterocycles. The molecule has 2 N–H and O–H groups in total. The molecule has 2 atom stereocenters. The lowest BCUT2D eigenvalue weighted by Gasteiger charge is -2.29. The van der Waals surface area contributed by atoms with E-state index in [-0.39, 0.29) is 17.3 Å². The molecule has 1 aliphatic carbocycles. The summed E-state index contributed by atoms with van der Waals surface area (Å²) in [4.78, 5) is 42.8. The zero-order valence-electron chi connectivity index (χ0n) is 14.0. The first kappa shape index (κ1) is 16.4. The van der Waals surface area contributed by atoms with Crippen LogP contribution in [0.25, 0.3) is 11.0 Å². The lowest BCUT2D eigenvalue weighted by molar-refractivity contribution is 0.0910. The highest BCUT2D eigenvalue weighted by molar-refractivity contribution is 5.96. The summed E-state index contributed by atoms with van der Waals surface area (Å²) < 4.78 is 1.38. The summed E-state index contributed by atoms with van der Waals surface area (Å²) in [6, 6.07) is 1.67. The minimum atomic E-state index is -0.520. The van der Waals surface area contributed by atoms with Crippen LogP contribution in [0.15, 0.2) is 21.9 Å². The molecule has 128 valence electrons. The smallest absolute Gasteiger partial charge is 0.329 e. The van der Waals surface area contributed by atoms with E-state index in [4.69, 9.17) is 0 Å². The number of aromatic nitrogens is 3. The Bertz CT molecular complexity index is 884. The van der Waals surface area contributed by atoms with Crippen molar-refractivity contribution in [3.8, 4) is 0 Å². The van der Waals surface area contributed by atoms with E-state index in [1.807, 2.05) is 0 Å². The minimum Gasteiger partial charge on any atom is -0.349 e. The zero-order valence-corrected chi connectivity index (χ0v) is 14.0. The molecule has 2 aromatic rings. The average molecular weight is 330 g/mol. The van der Waals surface area contributed by atoms with Crippen molar-refractivity contribution in [1.82, 2.24) is 19.9 Å². The van der Waals surface area contributed by atoms with Gasteiger partial charge >= 0.3 is 5.69 Å². The second-order valence-corrected chi connectivity index (χ2v) is 6.44. The van der Waals surface area contributed by atoms with Crippen LogP contribution in [-0.2, 0) is 6.54 Å². The van der Waals surface area contributed by atoms with Gasteiger partial charge in [-0.2, -0.15) is 0 Å². The number of aryl methyl sites for hydroxylation is 1. The van der Waals surface area contributed by atoms with Gasteiger partial charge in [-0.05, 0) is 31.7 Å². The van der Waals surface area contributed by atoms with Gasteiger partial charge in [-0.25, -0.2) is 9.78 Å². The number of nitrogens with zero attached hydrogens (tertiary/aromatic N) is 2. The van der Waals surface area contributed by atoms with Gasteiger partial charge in [0.15, 0.2) is 0 Å². The van der Waals surface area contributed by atoms with Crippen molar-refractivity contribution in [2.75, 3.05) is 0 Å². The maximum Gasteiger partial charge on any atom is 0.329 e. The molecule has 0 saturated heterocycles. The standard InChI is InChI=1S/C17H22N4O3/c1-3-21-14-12(16(23)20-17(21)24)8-11(9-18-14)15(22)19-13-7-5-4-6-10(13)2/h8-10,13H,3-7H2,1-2H3,(H,19,22)(H,20,23,24)/t10-,13-/m0/s1. The number of carbonyl (C=O) groups excluding carboxylic acids is 1. The van der Waals surface area contributed by atoms with Gasteiger partial charge in [0.1, 0.15) is 5.65 Å². The number of pyridine rings is 1. The van der Waals surface area contributed by atoms with Crippen molar-refractivity contribution in [2.24, 2.45) is 5.92 Å². The minimum absolute atomic E-state index is 0.157. The number of aromatic amines is 1. The quantitative estimate of drug-likeness (QED) is 0.889. The molecule has 2 heterocycles. The fraction of sp³-hybridized carbons (Fsp3) is 0.529. The Morgan fingerprint density at radius 1 is 1.38 bits per heavy atom. The number of fused-ring (bicyclic) bond motifs is 1. The third-order valence-corrected chi connectivity index (χ3v) is 4.84. The van der Waals surface area contributed by atoms with Gasteiger partial charge in [0.05, 0.1) is 10.9 Å². The molecule has 24 heavy (non-hydrogen) atoms. The molecule has 0 bridgehead atoms. The molecular weight excluding hydrogens is 308 g/mol. The average Bonchev–Trinajstić information content (AvgIpc) is 2.57. The van der Waals surface area contributed by atoms with E-state index >= 15 is 0 Å². The Morgan fingerprint density at radius 3 is 2.83 bits per heavy atom. The van der Waals surface area contributed by atoms with Crippen LogP contribution < -0.4 is 16.6 Å². The SMILES string of the molecule is CCn1c(=O)[nH]c(=O)c2cc(C(=O)N[C@H]3CCCC[C@@H]3C)cnc21. The van der Waals surface area contributed by atoms with E-state index < -0.39 is 11.2 Å². The van der Waals surface area contributed by atoms with Gasteiger partial charge < -0.3 is 5.32 Å². The van der Waals surface area contributed by atoms with E-state index in [9.17, 15) is 14.4 Å². The zero-order chi connectivity index (χ0) is 17.3. The number of nitrogens with one attached hydrogen (secondary N) is 2. The Kier molecular flexibility index (Phi) is 4.51. The van der Waals surface area contributed by atoms with Gasteiger partial charge in [0.25, 0.3) is 11.5 Å². The Balaban J connectivity index is 1.94. The second-order valence-electron chi connectivity index (χ2n) is 6.44. The third kappa shape index (κ3) is 2.98. The van der Waals surface area contributed by atoms with Crippen LogP contribution in [0.1, 0.15) is 49.9 Å². The lowest BCUT2D eigenvalue weighted by atomic mass is 9.86. The van der Waals surface area contributed by atoms with Gasteiger partial charge in [-0.1, -0.05) is 19.8 Å². The number of H-pyrrole nitrogens is 1.